The zero-order chi connectivity index (χ0) is 17.5. The third-order valence-electron chi connectivity index (χ3n) is 4.46. The van der Waals surface area contributed by atoms with Crippen molar-refractivity contribution in [2.45, 2.75) is 32.3 Å². The quantitative estimate of drug-likeness (QED) is 0.792. The van der Waals surface area contributed by atoms with Gasteiger partial charge in [0.15, 0.2) is 11.6 Å². The lowest BCUT2D eigenvalue weighted by Crippen LogP contribution is -2.43. The molecule has 0 radical (unpaired) electrons. The van der Waals surface area contributed by atoms with Gasteiger partial charge in [-0.05, 0) is 49.5 Å². The molecular weight excluding hydrogens is 311 g/mol. The topological polar surface area (TPSA) is 61.8 Å². The lowest BCUT2D eigenvalue weighted by atomic mass is 9.99. The smallest absolute Gasteiger partial charge is 0.224 e. The Balaban J connectivity index is 1.71. The second-order valence-electron chi connectivity index (χ2n) is 6.59. The molecule has 1 heterocycles. The Kier molecular flexibility index (Phi) is 6.99. The first kappa shape index (κ1) is 18.7. The van der Waals surface area contributed by atoms with Gasteiger partial charge in [0, 0.05) is 13.1 Å². The number of amides is 1. The lowest BCUT2D eigenvalue weighted by Gasteiger charge is -2.31. The van der Waals surface area contributed by atoms with E-state index >= 15 is 0 Å². The number of methoxy groups -OCH3 is 1. The van der Waals surface area contributed by atoms with Crippen molar-refractivity contribution in [1.82, 2.24) is 10.2 Å². The maximum atomic E-state index is 13.6. The van der Waals surface area contributed by atoms with Crippen molar-refractivity contribution in [2.75, 3.05) is 33.3 Å². The molecule has 2 N–H and O–H groups in total. The molecule has 1 aromatic rings. The van der Waals surface area contributed by atoms with Crippen LogP contribution in [0.4, 0.5) is 4.39 Å². The van der Waals surface area contributed by atoms with Crippen molar-refractivity contribution < 1.29 is 19.0 Å². The van der Waals surface area contributed by atoms with Gasteiger partial charge in [-0.2, -0.15) is 0 Å². The van der Waals surface area contributed by atoms with Gasteiger partial charge in [-0.1, -0.05) is 13.0 Å². The van der Waals surface area contributed by atoms with Gasteiger partial charge in [-0.3, -0.25) is 4.79 Å². The monoisotopic (exact) mass is 338 g/mol. The van der Waals surface area contributed by atoms with E-state index < -0.39 is 11.9 Å². The number of nitrogens with zero attached hydrogens (tertiary/aromatic N) is 1. The molecule has 1 aromatic carbocycles. The second kappa shape index (κ2) is 8.99. The molecule has 0 aliphatic carbocycles. The largest absolute Gasteiger partial charge is 0.494 e. The maximum Gasteiger partial charge on any atom is 0.224 e. The molecule has 0 saturated carbocycles. The second-order valence-corrected chi connectivity index (χ2v) is 6.59. The Labute approximate surface area is 142 Å². The summed E-state index contributed by atoms with van der Waals surface area (Å²) in [6.45, 7) is 5.03. The summed E-state index contributed by atoms with van der Waals surface area (Å²) in [5.41, 5.74) is 0.574. The van der Waals surface area contributed by atoms with E-state index in [1.54, 1.807) is 6.07 Å². The number of halogens is 1. The highest BCUT2D eigenvalue weighted by molar-refractivity contribution is 5.78. The summed E-state index contributed by atoms with van der Waals surface area (Å²) in [4.78, 5) is 14.2. The van der Waals surface area contributed by atoms with Gasteiger partial charge < -0.3 is 20.1 Å². The summed E-state index contributed by atoms with van der Waals surface area (Å²) in [6.07, 6.45) is 1.80. The third kappa shape index (κ3) is 5.76. The molecule has 1 atom stereocenters. The molecule has 5 nitrogen and oxygen atoms in total. The molecule has 1 aliphatic rings. The minimum absolute atomic E-state index is 0.0782. The first-order valence-corrected chi connectivity index (χ1v) is 8.47. The van der Waals surface area contributed by atoms with E-state index in [-0.39, 0.29) is 24.6 Å². The van der Waals surface area contributed by atoms with Crippen LogP contribution in [0.2, 0.25) is 0 Å². The average molecular weight is 338 g/mol. The molecule has 1 unspecified atom stereocenters. The predicted molar refractivity (Wildman–Crippen MR) is 90.5 cm³/mol. The average Bonchev–Trinajstić information content (AvgIpc) is 2.55. The molecule has 0 spiro atoms. The fourth-order valence-corrected chi connectivity index (χ4v) is 2.91. The Morgan fingerprint density at radius 2 is 2.17 bits per heavy atom. The van der Waals surface area contributed by atoms with Crippen LogP contribution in [0.5, 0.6) is 5.75 Å². The first-order valence-electron chi connectivity index (χ1n) is 8.47. The van der Waals surface area contributed by atoms with E-state index in [1.165, 1.54) is 19.2 Å². The number of carbonyl (C=O) groups is 1. The Morgan fingerprint density at radius 1 is 1.46 bits per heavy atom. The van der Waals surface area contributed by atoms with Crippen LogP contribution < -0.4 is 10.1 Å². The van der Waals surface area contributed by atoms with Crippen LogP contribution in [0.25, 0.3) is 0 Å². The molecule has 1 amide bonds. The zero-order valence-electron chi connectivity index (χ0n) is 14.4. The molecule has 1 aliphatic heterocycles. The molecule has 0 aromatic heterocycles. The lowest BCUT2D eigenvalue weighted by molar-refractivity contribution is -0.121. The van der Waals surface area contributed by atoms with E-state index in [9.17, 15) is 14.3 Å². The van der Waals surface area contributed by atoms with Crippen molar-refractivity contribution in [3.8, 4) is 5.75 Å². The molecule has 1 saturated heterocycles. The molecule has 134 valence electrons. The summed E-state index contributed by atoms with van der Waals surface area (Å²) in [5, 5.41) is 12.8. The van der Waals surface area contributed by atoms with Crippen LogP contribution in [0.15, 0.2) is 18.2 Å². The van der Waals surface area contributed by atoms with E-state index in [0.717, 1.165) is 31.8 Å². The number of rotatable bonds is 7. The van der Waals surface area contributed by atoms with Crippen LogP contribution in [0.1, 0.15) is 25.3 Å². The number of piperidine rings is 1. The number of aliphatic hydroxyl groups excluding tert-OH is 1. The Hall–Kier alpha value is -1.66. The molecular formula is C18H27FN2O3. The van der Waals surface area contributed by atoms with Gasteiger partial charge in [0.2, 0.25) is 5.91 Å². The SMILES string of the molecule is COc1ccc(CC(=O)NCC(O)CN2CCC(C)CC2)cc1F. The summed E-state index contributed by atoms with van der Waals surface area (Å²) in [5.74, 6) is 0.196. The van der Waals surface area contributed by atoms with Gasteiger partial charge in [0.05, 0.1) is 19.6 Å². The highest BCUT2D eigenvalue weighted by Gasteiger charge is 2.18. The fourth-order valence-electron chi connectivity index (χ4n) is 2.91. The van der Waals surface area contributed by atoms with Crippen LogP contribution in [0.3, 0.4) is 0 Å². The van der Waals surface area contributed by atoms with Crippen molar-refractivity contribution >= 4 is 5.91 Å². The fraction of sp³-hybridized carbons (Fsp3) is 0.611. The molecule has 2 rings (SSSR count). The zero-order valence-corrected chi connectivity index (χ0v) is 14.4. The molecule has 0 bridgehead atoms. The number of hydrogen-bond donors (Lipinski definition) is 2. The Bertz CT molecular complexity index is 545. The van der Waals surface area contributed by atoms with Crippen molar-refractivity contribution in [3.63, 3.8) is 0 Å². The first-order chi connectivity index (χ1) is 11.5. The number of nitrogens with one attached hydrogen (secondary N) is 1. The van der Waals surface area contributed by atoms with Gasteiger partial charge in [0.1, 0.15) is 0 Å². The van der Waals surface area contributed by atoms with Crippen LogP contribution >= 0.6 is 0 Å². The molecule has 1 fully saturated rings. The van der Waals surface area contributed by atoms with Crippen LogP contribution in [-0.4, -0.2) is 55.3 Å². The van der Waals surface area contributed by atoms with E-state index in [2.05, 4.69) is 17.1 Å². The van der Waals surface area contributed by atoms with E-state index in [0.29, 0.717) is 12.1 Å². The summed E-state index contributed by atoms with van der Waals surface area (Å²) in [6, 6.07) is 4.46. The summed E-state index contributed by atoms with van der Waals surface area (Å²) < 4.78 is 18.5. The number of β-amino-alcohol motifs (C(OH)–C–C–N with tert-alkyl or cyclic N) is 1. The van der Waals surface area contributed by atoms with Crippen LogP contribution in [0, 0.1) is 11.7 Å². The minimum Gasteiger partial charge on any atom is -0.494 e. The Morgan fingerprint density at radius 3 is 2.79 bits per heavy atom. The number of ether oxygens (including phenoxy) is 1. The van der Waals surface area contributed by atoms with E-state index in [1.807, 2.05) is 0 Å². The summed E-state index contributed by atoms with van der Waals surface area (Å²) in [7, 11) is 1.40. The van der Waals surface area contributed by atoms with Gasteiger partial charge >= 0.3 is 0 Å². The van der Waals surface area contributed by atoms with Gasteiger partial charge in [-0.15, -0.1) is 0 Å². The molecule has 24 heavy (non-hydrogen) atoms. The van der Waals surface area contributed by atoms with Gasteiger partial charge in [-0.25, -0.2) is 4.39 Å². The third-order valence-corrected chi connectivity index (χ3v) is 4.46. The maximum absolute atomic E-state index is 13.6. The summed E-state index contributed by atoms with van der Waals surface area (Å²) >= 11 is 0. The van der Waals surface area contributed by atoms with Crippen molar-refractivity contribution in [2.24, 2.45) is 5.92 Å². The predicted octanol–water partition coefficient (Wildman–Crippen LogP) is 1.59. The highest BCUT2D eigenvalue weighted by Crippen LogP contribution is 2.18. The number of aliphatic hydroxyl groups is 1. The van der Waals surface area contributed by atoms with Crippen molar-refractivity contribution in [1.29, 1.82) is 0 Å². The standard InChI is InChI=1S/C18H27FN2O3/c1-13-5-7-21(8-6-13)12-15(22)11-20-18(23)10-14-3-4-17(24-2)16(19)9-14/h3-4,9,13,15,22H,5-8,10-12H2,1-2H3,(H,20,23). The minimum atomic E-state index is -0.588. The number of benzene rings is 1. The number of hydrogen-bond acceptors (Lipinski definition) is 4. The number of carbonyl (C=O) groups excluding carboxylic acids is 1. The number of likely N-dealkylation sites (tertiary alicyclic amines) is 1. The normalized spacial score (nSPS) is 17.5. The highest BCUT2D eigenvalue weighted by atomic mass is 19.1. The van der Waals surface area contributed by atoms with E-state index in [4.69, 9.17) is 4.74 Å². The van der Waals surface area contributed by atoms with Gasteiger partial charge in [0.25, 0.3) is 0 Å². The molecule has 6 heteroatoms. The van der Waals surface area contributed by atoms with Crippen molar-refractivity contribution in [3.05, 3.63) is 29.6 Å². The van der Waals surface area contributed by atoms with Crippen LogP contribution in [-0.2, 0) is 11.2 Å².